The third-order valence-corrected chi connectivity index (χ3v) is 7.33. The van der Waals surface area contributed by atoms with Crippen LogP contribution in [0.25, 0.3) is 0 Å². The van der Waals surface area contributed by atoms with E-state index in [4.69, 9.17) is 4.74 Å². The molecule has 2 rings (SSSR count). The van der Waals surface area contributed by atoms with Crippen molar-refractivity contribution < 1.29 is 26.7 Å². The van der Waals surface area contributed by atoms with Gasteiger partial charge in [0.1, 0.15) is 11.6 Å². The van der Waals surface area contributed by atoms with Crippen LogP contribution in [0.1, 0.15) is 52.0 Å². The van der Waals surface area contributed by atoms with Crippen molar-refractivity contribution in [3.05, 3.63) is 53.7 Å². The third kappa shape index (κ3) is 6.86. The zero-order valence-electron chi connectivity index (χ0n) is 17.5. The Morgan fingerprint density at radius 3 is 2.50 bits per heavy atom. The van der Waals surface area contributed by atoms with E-state index in [1.54, 1.807) is 32.9 Å². The van der Waals surface area contributed by atoms with Gasteiger partial charge in [-0.05, 0) is 51.8 Å². The van der Waals surface area contributed by atoms with Crippen molar-refractivity contribution in [1.29, 1.82) is 0 Å². The molecule has 8 heteroatoms. The Kier molecular flexibility index (Phi) is 8.06. The van der Waals surface area contributed by atoms with Crippen molar-refractivity contribution in [2.24, 2.45) is 0 Å². The fraction of sp³-hybridized carbons (Fsp3) is 0.455. The van der Waals surface area contributed by atoms with Gasteiger partial charge in [-0.3, -0.25) is 4.79 Å². The van der Waals surface area contributed by atoms with E-state index in [1.165, 1.54) is 6.20 Å². The van der Waals surface area contributed by atoms with E-state index in [1.807, 2.05) is 0 Å². The number of halogens is 2. The van der Waals surface area contributed by atoms with Crippen LogP contribution in [0, 0.1) is 11.6 Å². The number of hydrogen-bond acceptors (Lipinski definition) is 5. The van der Waals surface area contributed by atoms with Crippen LogP contribution in [0.5, 0.6) is 11.6 Å². The van der Waals surface area contributed by atoms with Gasteiger partial charge in [0.05, 0.1) is 10.5 Å². The van der Waals surface area contributed by atoms with Gasteiger partial charge in [-0.15, -0.1) is 0 Å². The highest BCUT2D eigenvalue weighted by Gasteiger charge is 2.27. The first kappa shape index (κ1) is 23.9. The molecular formula is C22H27F2NO4S. The molecule has 1 aromatic heterocycles. The molecule has 0 bridgehead atoms. The van der Waals surface area contributed by atoms with Gasteiger partial charge < -0.3 is 4.74 Å². The van der Waals surface area contributed by atoms with Gasteiger partial charge in [0, 0.05) is 30.7 Å². The maximum atomic E-state index is 13.8. The smallest absolute Gasteiger partial charge is 0.222 e. The lowest BCUT2D eigenvalue weighted by Crippen LogP contribution is -2.30. The first-order valence-electron chi connectivity index (χ1n) is 9.80. The summed E-state index contributed by atoms with van der Waals surface area (Å²) in [7, 11) is -3.15. The Hall–Kier alpha value is -2.35. The number of unbranched alkanes of at least 4 members (excludes halogenated alkanes) is 2. The molecule has 0 aliphatic heterocycles. The number of aromatic nitrogens is 1. The number of sulfone groups is 1. The number of ether oxygens (including phenoxy) is 1. The van der Waals surface area contributed by atoms with E-state index >= 15 is 0 Å². The minimum Gasteiger partial charge on any atom is -0.436 e. The molecule has 5 nitrogen and oxygen atoms in total. The summed E-state index contributed by atoms with van der Waals surface area (Å²) < 4.78 is 55.7. The normalized spacial score (nSPS) is 12.0. The third-order valence-electron chi connectivity index (χ3n) is 4.64. The van der Waals surface area contributed by atoms with Crippen LogP contribution in [0.3, 0.4) is 0 Å². The fourth-order valence-electron chi connectivity index (χ4n) is 2.71. The molecule has 0 saturated carbocycles. The predicted molar refractivity (Wildman–Crippen MR) is 111 cm³/mol. The molecule has 0 unspecified atom stereocenters. The number of nitrogens with zero attached hydrogens (tertiary/aromatic N) is 1. The fourth-order valence-corrected chi connectivity index (χ4v) is 3.91. The van der Waals surface area contributed by atoms with Crippen LogP contribution >= 0.6 is 0 Å². The SMILES string of the molecule is CC(C)(C)S(=O)(=O)CCCCCC(=O)Cc1cccnc1Oc1ccc(F)cc1F. The van der Waals surface area contributed by atoms with E-state index in [2.05, 4.69) is 4.98 Å². The van der Waals surface area contributed by atoms with Crippen molar-refractivity contribution in [2.45, 2.75) is 57.6 Å². The number of hydrogen-bond donors (Lipinski definition) is 0. The Balaban J connectivity index is 1.87. The first-order valence-corrected chi connectivity index (χ1v) is 11.5. The Labute approximate surface area is 176 Å². The highest BCUT2D eigenvalue weighted by atomic mass is 32.2. The molecule has 1 aromatic carbocycles. The molecule has 0 spiro atoms. The zero-order valence-corrected chi connectivity index (χ0v) is 18.3. The number of pyridine rings is 1. The molecular weight excluding hydrogens is 412 g/mol. The lowest BCUT2D eigenvalue weighted by molar-refractivity contribution is -0.118. The Morgan fingerprint density at radius 2 is 1.83 bits per heavy atom. The lowest BCUT2D eigenvalue weighted by Gasteiger charge is -2.18. The molecule has 0 aliphatic rings. The first-order chi connectivity index (χ1) is 14.0. The van der Waals surface area contributed by atoms with Crippen molar-refractivity contribution in [2.75, 3.05) is 5.75 Å². The van der Waals surface area contributed by atoms with E-state index < -0.39 is 26.2 Å². The van der Waals surface area contributed by atoms with Gasteiger partial charge in [-0.25, -0.2) is 22.2 Å². The maximum absolute atomic E-state index is 13.8. The predicted octanol–water partition coefficient (Wildman–Crippen LogP) is 5.04. The molecule has 0 aliphatic carbocycles. The van der Waals surface area contributed by atoms with Crippen molar-refractivity contribution in [3.8, 4) is 11.6 Å². The minimum absolute atomic E-state index is 0.0499. The van der Waals surface area contributed by atoms with Gasteiger partial charge in [0.25, 0.3) is 0 Å². The van der Waals surface area contributed by atoms with Crippen LogP contribution in [0.4, 0.5) is 8.78 Å². The van der Waals surface area contributed by atoms with Gasteiger partial charge >= 0.3 is 0 Å². The second-order valence-electron chi connectivity index (χ2n) is 8.10. The molecule has 164 valence electrons. The average Bonchev–Trinajstić information content (AvgIpc) is 2.64. The minimum atomic E-state index is -3.15. The standard InChI is InChI=1S/C22H27F2NO4S/c1-22(2,3)30(27,28)13-6-4-5-9-18(26)14-16-8-7-12-25-21(16)29-20-11-10-17(23)15-19(20)24/h7-8,10-12,15H,4-6,9,13-14H2,1-3H3. The molecule has 0 saturated heterocycles. The van der Waals surface area contributed by atoms with Crippen molar-refractivity contribution in [1.82, 2.24) is 4.98 Å². The summed E-state index contributed by atoms with van der Waals surface area (Å²) in [6, 6.07) is 6.26. The summed E-state index contributed by atoms with van der Waals surface area (Å²) in [5.74, 6) is -1.61. The van der Waals surface area contributed by atoms with E-state index in [9.17, 15) is 22.0 Å². The summed E-state index contributed by atoms with van der Waals surface area (Å²) in [5, 5.41) is 0. The second-order valence-corrected chi connectivity index (χ2v) is 11.0. The molecule has 0 N–H and O–H groups in total. The lowest BCUT2D eigenvalue weighted by atomic mass is 10.1. The quantitative estimate of drug-likeness (QED) is 0.485. The number of rotatable bonds is 10. The molecule has 2 aromatic rings. The molecule has 0 amide bonds. The molecule has 0 radical (unpaired) electrons. The Bertz CT molecular complexity index is 985. The van der Waals surface area contributed by atoms with Crippen LogP contribution in [0.2, 0.25) is 0 Å². The van der Waals surface area contributed by atoms with Gasteiger partial charge in [-0.2, -0.15) is 0 Å². The number of carbonyl (C=O) groups excluding carboxylic acids is 1. The Morgan fingerprint density at radius 1 is 1.10 bits per heavy atom. The highest BCUT2D eigenvalue weighted by Crippen LogP contribution is 2.26. The molecule has 0 fully saturated rings. The topological polar surface area (TPSA) is 73.3 Å². The van der Waals surface area contributed by atoms with Gasteiger partial charge in [-0.1, -0.05) is 12.5 Å². The van der Waals surface area contributed by atoms with Crippen molar-refractivity contribution >= 4 is 15.6 Å². The highest BCUT2D eigenvalue weighted by molar-refractivity contribution is 7.92. The largest absolute Gasteiger partial charge is 0.436 e. The van der Waals surface area contributed by atoms with Crippen LogP contribution in [-0.4, -0.2) is 29.7 Å². The number of benzene rings is 1. The molecule has 1 heterocycles. The van der Waals surface area contributed by atoms with Crippen LogP contribution in [0.15, 0.2) is 36.5 Å². The maximum Gasteiger partial charge on any atom is 0.222 e. The van der Waals surface area contributed by atoms with Crippen LogP contribution in [-0.2, 0) is 21.1 Å². The number of ketones is 1. The summed E-state index contributed by atoms with van der Waals surface area (Å²) >= 11 is 0. The van der Waals surface area contributed by atoms with E-state index in [-0.39, 0.29) is 29.6 Å². The van der Waals surface area contributed by atoms with E-state index in [0.29, 0.717) is 37.3 Å². The summed E-state index contributed by atoms with van der Waals surface area (Å²) in [6.07, 6.45) is 3.55. The summed E-state index contributed by atoms with van der Waals surface area (Å²) in [6.45, 7) is 5.03. The zero-order chi connectivity index (χ0) is 22.4. The summed E-state index contributed by atoms with van der Waals surface area (Å²) in [5.41, 5.74) is 0.501. The average molecular weight is 440 g/mol. The van der Waals surface area contributed by atoms with Crippen LogP contribution < -0.4 is 4.74 Å². The van der Waals surface area contributed by atoms with Gasteiger partial charge in [0.2, 0.25) is 5.88 Å². The summed E-state index contributed by atoms with van der Waals surface area (Å²) in [4.78, 5) is 16.4. The van der Waals surface area contributed by atoms with Gasteiger partial charge in [0.15, 0.2) is 21.4 Å². The molecule has 30 heavy (non-hydrogen) atoms. The van der Waals surface area contributed by atoms with E-state index in [0.717, 1.165) is 12.1 Å². The number of Topliss-reactive ketones (excluding diaryl/α,β-unsaturated/α-hetero) is 1. The molecule has 0 atom stereocenters. The monoisotopic (exact) mass is 439 g/mol. The second kappa shape index (κ2) is 10.1. The number of carbonyl (C=O) groups is 1. The van der Waals surface area contributed by atoms with Crippen molar-refractivity contribution in [3.63, 3.8) is 0 Å².